The van der Waals surface area contributed by atoms with Crippen molar-refractivity contribution in [3.05, 3.63) is 0 Å². The summed E-state index contributed by atoms with van der Waals surface area (Å²) in [7, 11) is 0. The molecule has 0 radical (unpaired) electrons. The Morgan fingerprint density at radius 2 is 2.00 bits per heavy atom. The Morgan fingerprint density at radius 1 is 1.40 bits per heavy atom. The summed E-state index contributed by atoms with van der Waals surface area (Å²) in [6.45, 7) is 9.22. The maximum atomic E-state index is 4.06. The molecule has 1 aliphatic heterocycles. The first-order chi connectivity index (χ1) is 4.50. The Bertz CT molecular complexity index is 115. The van der Waals surface area contributed by atoms with E-state index in [1.54, 1.807) is 0 Å². The van der Waals surface area contributed by atoms with Gasteiger partial charge in [0.05, 0.1) is 12.6 Å². The van der Waals surface area contributed by atoms with E-state index in [-0.39, 0.29) is 0 Å². The highest BCUT2D eigenvalue weighted by Crippen LogP contribution is 2.18. The highest BCUT2D eigenvalue weighted by molar-refractivity contribution is 4.83. The lowest BCUT2D eigenvalue weighted by Gasteiger charge is -2.30. The fourth-order valence-corrected chi connectivity index (χ4v) is 1.44. The van der Waals surface area contributed by atoms with Crippen LogP contribution in [0.3, 0.4) is 0 Å². The molecule has 1 atom stereocenters. The summed E-state index contributed by atoms with van der Waals surface area (Å²) in [5.41, 5.74) is 4.41. The van der Waals surface area contributed by atoms with E-state index < -0.39 is 0 Å². The highest BCUT2D eigenvalue weighted by atomic mass is 15.2. The molecule has 0 bridgehead atoms. The van der Waals surface area contributed by atoms with Crippen LogP contribution in [0.15, 0.2) is 0 Å². The molecule has 60 valence electrons. The smallest absolute Gasteiger partial charge is 0.0984 e. The molecule has 0 saturated carbocycles. The lowest BCUT2D eigenvalue weighted by molar-refractivity contribution is -0.414. The van der Waals surface area contributed by atoms with Crippen LogP contribution < -0.4 is 5.73 Å². The van der Waals surface area contributed by atoms with Gasteiger partial charge in [0.1, 0.15) is 0 Å². The summed E-state index contributed by atoms with van der Waals surface area (Å²) in [6, 6.07) is 0.666. The molecule has 2 nitrogen and oxygen atoms in total. The van der Waals surface area contributed by atoms with E-state index in [0.29, 0.717) is 11.6 Å². The Morgan fingerprint density at radius 3 is 2.20 bits per heavy atom. The zero-order valence-electron chi connectivity index (χ0n) is 7.35. The largest absolute Gasteiger partial charge is 0.354 e. The van der Waals surface area contributed by atoms with Crippen molar-refractivity contribution < 1.29 is 5.73 Å². The first kappa shape index (κ1) is 8.02. The minimum atomic E-state index is 0.354. The van der Waals surface area contributed by atoms with Crippen molar-refractivity contribution in [2.75, 3.05) is 13.1 Å². The second kappa shape index (κ2) is 2.51. The predicted molar refractivity (Wildman–Crippen MR) is 42.6 cm³/mol. The molecule has 1 rings (SSSR count). The molecule has 2 heteroatoms. The second-order valence-corrected chi connectivity index (χ2v) is 4.27. The van der Waals surface area contributed by atoms with Gasteiger partial charge >= 0.3 is 0 Å². The first-order valence-electron chi connectivity index (χ1n) is 4.08. The summed E-state index contributed by atoms with van der Waals surface area (Å²) < 4.78 is 0. The van der Waals surface area contributed by atoms with Gasteiger partial charge in [0.25, 0.3) is 0 Å². The third-order valence-electron chi connectivity index (χ3n) is 2.23. The number of nitrogens with zero attached hydrogens (tertiary/aromatic N) is 1. The molecule has 0 aromatic heterocycles. The quantitative estimate of drug-likeness (QED) is 0.512. The third kappa shape index (κ3) is 1.70. The molecular formula is C8H19N2+. The molecule has 0 amide bonds. The minimum Gasteiger partial charge on any atom is -0.354 e. The Kier molecular flexibility index (Phi) is 2.02. The average molecular weight is 143 g/mol. The zero-order valence-corrected chi connectivity index (χ0v) is 7.35. The van der Waals surface area contributed by atoms with Crippen LogP contribution in [0, 0.1) is 0 Å². The molecule has 1 unspecified atom stereocenters. The Labute approximate surface area is 63.4 Å². The van der Waals surface area contributed by atoms with Crippen LogP contribution in [0.5, 0.6) is 0 Å². The van der Waals surface area contributed by atoms with E-state index in [1.165, 1.54) is 19.5 Å². The van der Waals surface area contributed by atoms with Crippen LogP contribution >= 0.6 is 0 Å². The topological polar surface area (TPSA) is 30.9 Å². The molecule has 0 aromatic rings. The van der Waals surface area contributed by atoms with Gasteiger partial charge in [0, 0.05) is 18.5 Å². The fraction of sp³-hybridized carbons (Fsp3) is 1.00. The zero-order chi connectivity index (χ0) is 7.78. The summed E-state index contributed by atoms with van der Waals surface area (Å²) >= 11 is 0. The van der Waals surface area contributed by atoms with Crippen LogP contribution in [0.25, 0.3) is 0 Å². The number of hydrogen-bond acceptors (Lipinski definition) is 1. The van der Waals surface area contributed by atoms with E-state index in [1.807, 2.05) is 0 Å². The average Bonchev–Trinajstić information content (AvgIpc) is 2.11. The van der Waals surface area contributed by atoms with E-state index >= 15 is 0 Å². The lowest BCUT2D eigenvalue weighted by Crippen LogP contribution is -2.62. The van der Waals surface area contributed by atoms with Gasteiger partial charge < -0.3 is 5.73 Å². The molecule has 1 saturated heterocycles. The van der Waals surface area contributed by atoms with Gasteiger partial charge in [-0.2, -0.15) is 0 Å². The molecule has 1 aliphatic rings. The standard InChI is InChI=1S/C8H18N2/c1-8(2,3)10-5-4-7(9)6-10/h7H,4-6,9H2,1-3H3/p+1. The van der Waals surface area contributed by atoms with Crippen molar-refractivity contribution >= 4 is 0 Å². The van der Waals surface area contributed by atoms with E-state index in [4.69, 9.17) is 0 Å². The summed E-state index contributed by atoms with van der Waals surface area (Å²) in [5, 5.41) is 0. The van der Waals surface area contributed by atoms with Crippen LogP contribution in [-0.2, 0) is 0 Å². The van der Waals surface area contributed by atoms with Gasteiger partial charge in [-0.1, -0.05) is 0 Å². The molecule has 0 aromatic carbocycles. The third-order valence-corrected chi connectivity index (χ3v) is 2.23. The van der Waals surface area contributed by atoms with Gasteiger partial charge in [-0.15, -0.1) is 0 Å². The van der Waals surface area contributed by atoms with Crippen molar-refractivity contribution in [1.29, 1.82) is 0 Å². The Balaban J connectivity index is 2.45. The van der Waals surface area contributed by atoms with E-state index in [9.17, 15) is 0 Å². The molecular weight excluding hydrogens is 124 g/mol. The molecule has 0 spiro atoms. The van der Waals surface area contributed by atoms with Crippen molar-refractivity contribution in [3.8, 4) is 0 Å². The van der Waals surface area contributed by atoms with Crippen LogP contribution in [0.2, 0.25) is 0 Å². The summed E-state index contributed by atoms with van der Waals surface area (Å²) in [5.74, 6) is 0. The number of rotatable bonds is 0. The van der Waals surface area contributed by atoms with Gasteiger partial charge in [-0.05, 0) is 20.8 Å². The van der Waals surface area contributed by atoms with Crippen LogP contribution in [0.4, 0.5) is 0 Å². The maximum Gasteiger partial charge on any atom is 0.0984 e. The van der Waals surface area contributed by atoms with Crippen molar-refractivity contribution in [3.63, 3.8) is 0 Å². The van der Waals surface area contributed by atoms with Crippen molar-refractivity contribution in [2.45, 2.75) is 38.8 Å². The molecule has 10 heavy (non-hydrogen) atoms. The Hall–Kier alpha value is -0.0800. The van der Waals surface area contributed by atoms with Gasteiger partial charge in [-0.3, -0.25) is 4.90 Å². The SMILES string of the molecule is CC(C)(C)N1CCC([NH3+])C1. The fourth-order valence-electron chi connectivity index (χ4n) is 1.44. The minimum absolute atomic E-state index is 0.354. The monoisotopic (exact) mass is 143 g/mol. The van der Waals surface area contributed by atoms with Crippen molar-refractivity contribution in [2.24, 2.45) is 0 Å². The normalized spacial score (nSPS) is 29.4. The molecule has 1 fully saturated rings. The molecule has 1 heterocycles. The highest BCUT2D eigenvalue weighted by Gasteiger charge is 2.29. The van der Waals surface area contributed by atoms with E-state index in [2.05, 4.69) is 31.4 Å². The first-order valence-corrected chi connectivity index (χ1v) is 4.08. The van der Waals surface area contributed by atoms with Gasteiger partial charge in [-0.25, -0.2) is 0 Å². The number of quaternary nitrogens is 1. The van der Waals surface area contributed by atoms with Crippen LogP contribution in [-0.4, -0.2) is 29.6 Å². The van der Waals surface area contributed by atoms with Gasteiger partial charge in [0.2, 0.25) is 0 Å². The number of hydrogen-bond donors (Lipinski definition) is 1. The maximum absolute atomic E-state index is 4.06. The number of likely N-dealkylation sites (tertiary alicyclic amines) is 1. The molecule has 3 N–H and O–H groups in total. The second-order valence-electron chi connectivity index (χ2n) is 4.27. The van der Waals surface area contributed by atoms with E-state index in [0.717, 1.165) is 0 Å². The molecule has 0 aliphatic carbocycles. The van der Waals surface area contributed by atoms with Gasteiger partial charge in [0.15, 0.2) is 0 Å². The summed E-state index contributed by atoms with van der Waals surface area (Å²) in [6.07, 6.45) is 1.28. The summed E-state index contributed by atoms with van der Waals surface area (Å²) in [4.78, 5) is 2.50. The lowest BCUT2D eigenvalue weighted by atomic mass is 10.1. The predicted octanol–water partition coefficient (Wildman–Crippen LogP) is 0.101. The van der Waals surface area contributed by atoms with Crippen LogP contribution in [0.1, 0.15) is 27.2 Å². The van der Waals surface area contributed by atoms with Crippen molar-refractivity contribution in [1.82, 2.24) is 4.90 Å².